The van der Waals surface area contributed by atoms with Crippen molar-refractivity contribution in [1.82, 2.24) is 9.91 Å². The number of carboxylic acids is 1. The SMILES string of the molecule is [N-]=[N+]=NN1CCN(C(=O)O)C(C(=O)O)C1. The van der Waals surface area contributed by atoms with Gasteiger partial charge in [0.25, 0.3) is 0 Å². The van der Waals surface area contributed by atoms with Gasteiger partial charge in [0.05, 0.1) is 6.54 Å². The van der Waals surface area contributed by atoms with E-state index in [4.69, 9.17) is 15.7 Å². The largest absolute Gasteiger partial charge is 0.480 e. The van der Waals surface area contributed by atoms with Crippen molar-refractivity contribution in [3.05, 3.63) is 10.4 Å². The zero-order valence-electron chi connectivity index (χ0n) is 7.65. The Morgan fingerprint density at radius 2 is 2.07 bits per heavy atom. The van der Waals surface area contributed by atoms with E-state index in [2.05, 4.69) is 10.1 Å². The maximum absolute atomic E-state index is 10.8. The Bertz CT molecular complexity index is 325. The predicted molar refractivity (Wildman–Crippen MR) is 46.9 cm³/mol. The van der Waals surface area contributed by atoms with Crippen molar-refractivity contribution in [1.29, 1.82) is 0 Å². The molecule has 0 aromatic carbocycles. The van der Waals surface area contributed by atoms with E-state index in [9.17, 15) is 9.59 Å². The van der Waals surface area contributed by atoms with Gasteiger partial charge in [-0.05, 0) is 5.22 Å². The van der Waals surface area contributed by atoms with E-state index < -0.39 is 18.1 Å². The molecule has 0 aromatic rings. The summed E-state index contributed by atoms with van der Waals surface area (Å²) < 4.78 is 0. The topological polar surface area (TPSA) is 130 Å². The van der Waals surface area contributed by atoms with Gasteiger partial charge in [-0.1, -0.05) is 0 Å². The molecule has 0 aromatic heterocycles. The minimum atomic E-state index is -1.29. The molecule has 0 aliphatic carbocycles. The van der Waals surface area contributed by atoms with Gasteiger partial charge >= 0.3 is 12.1 Å². The van der Waals surface area contributed by atoms with Crippen LogP contribution < -0.4 is 0 Å². The molecule has 1 amide bonds. The van der Waals surface area contributed by atoms with E-state index in [0.29, 0.717) is 0 Å². The van der Waals surface area contributed by atoms with Gasteiger partial charge in [0.1, 0.15) is 13.1 Å². The van der Waals surface area contributed by atoms with Crippen molar-refractivity contribution >= 4 is 12.1 Å². The number of aliphatic carboxylic acids is 1. The Kier molecular flexibility index (Phi) is 3.19. The van der Waals surface area contributed by atoms with Gasteiger partial charge in [0, 0.05) is 0 Å². The molecule has 1 unspecified atom stereocenters. The van der Waals surface area contributed by atoms with Crippen molar-refractivity contribution < 1.29 is 19.8 Å². The lowest BCUT2D eigenvalue weighted by Crippen LogP contribution is -2.56. The van der Waals surface area contributed by atoms with Crippen molar-refractivity contribution in [2.75, 3.05) is 19.6 Å². The second-order valence-electron chi connectivity index (χ2n) is 2.92. The second kappa shape index (κ2) is 4.38. The molecule has 9 heteroatoms. The summed E-state index contributed by atoms with van der Waals surface area (Å²) >= 11 is 0. The summed E-state index contributed by atoms with van der Waals surface area (Å²) in [7, 11) is 0. The van der Waals surface area contributed by atoms with Crippen LogP contribution in [-0.4, -0.2) is 57.9 Å². The number of amides is 1. The van der Waals surface area contributed by atoms with Crippen LogP contribution >= 0.6 is 0 Å². The van der Waals surface area contributed by atoms with Crippen LogP contribution in [0.3, 0.4) is 0 Å². The molecule has 0 radical (unpaired) electrons. The van der Waals surface area contributed by atoms with Crippen molar-refractivity contribution in [3.63, 3.8) is 0 Å². The fraction of sp³-hybridized carbons (Fsp3) is 0.667. The lowest BCUT2D eigenvalue weighted by molar-refractivity contribution is -0.144. The number of piperazine rings is 1. The molecular weight excluding hydrogens is 206 g/mol. The highest BCUT2D eigenvalue weighted by molar-refractivity contribution is 5.79. The number of hydrogen-bond donors (Lipinski definition) is 2. The van der Waals surface area contributed by atoms with Gasteiger partial charge in [0.2, 0.25) is 0 Å². The summed E-state index contributed by atoms with van der Waals surface area (Å²) in [6, 6.07) is -1.19. The third kappa shape index (κ3) is 2.41. The molecule has 0 bridgehead atoms. The van der Waals surface area contributed by atoms with Crippen molar-refractivity contribution in [2.45, 2.75) is 6.04 Å². The van der Waals surface area contributed by atoms with E-state index >= 15 is 0 Å². The van der Waals surface area contributed by atoms with E-state index in [1.54, 1.807) is 0 Å². The Balaban J connectivity index is 2.77. The zero-order valence-corrected chi connectivity index (χ0v) is 7.65. The van der Waals surface area contributed by atoms with Gasteiger partial charge in [-0.15, -0.1) is 5.53 Å². The highest BCUT2D eigenvalue weighted by Crippen LogP contribution is 2.10. The molecule has 1 heterocycles. The number of rotatable bonds is 2. The molecule has 1 atom stereocenters. The van der Waals surface area contributed by atoms with Gasteiger partial charge < -0.3 is 10.2 Å². The maximum atomic E-state index is 10.8. The first-order valence-corrected chi connectivity index (χ1v) is 4.08. The van der Waals surface area contributed by atoms with Crippen LogP contribution in [0.4, 0.5) is 4.79 Å². The summed E-state index contributed by atoms with van der Waals surface area (Å²) in [5.74, 6) is -1.25. The summed E-state index contributed by atoms with van der Waals surface area (Å²) in [6.45, 7) is 0.0666. The molecule has 0 spiro atoms. The van der Waals surface area contributed by atoms with E-state index in [-0.39, 0.29) is 19.6 Å². The van der Waals surface area contributed by atoms with Crippen LogP contribution in [0.2, 0.25) is 0 Å². The summed E-state index contributed by atoms with van der Waals surface area (Å²) in [4.78, 5) is 24.8. The van der Waals surface area contributed by atoms with E-state index in [1.165, 1.54) is 5.01 Å². The Labute approximate surface area is 84.1 Å². The molecule has 1 fully saturated rings. The molecule has 15 heavy (non-hydrogen) atoms. The fourth-order valence-corrected chi connectivity index (χ4v) is 1.35. The number of carbonyl (C=O) groups is 2. The number of nitrogens with zero attached hydrogens (tertiary/aromatic N) is 5. The van der Waals surface area contributed by atoms with Gasteiger partial charge in [-0.2, -0.15) is 4.91 Å². The van der Waals surface area contributed by atoms with Gasteiger partial charge in [-0.25, -0.2) is 14.6 Å². The second-order valence-corrected chi connectivity index (χ2v) is 2.92. The van der Waals surface area contributed by atoms with Crippen LogP contribution in [0.15, 0.2) is 5.22 Å². The predicted octanol–water partition coefficient (Wildman–Crippen LogP) is -0.0395. The zero-order chi connectivity index (χ0) is 11.4. The molecule has 1 aliphatic rings. The number of hydrogen-bond acceptors (Lipinski definition) is 3. The third-order valence-electron chi connectivity index (χ3n) is 2.06. The maximum Gasteiger partial charge on any atom is 0.408 e. The van der Waals surface area contributed by atoms with E-state index in [0.717, 1.165) is 4.90 Å². The van der Waals surface area contributed by atoms with Crippen LogP contribution in [0, 0.1) is 0 Å². The first kappa shape index (κ1) is 10.9. The van der Waals surface area contributed by atoms with Crippen LogP contribution in [-0.2, 0) is 4.79 Å². The number of azide groups is 1. The van der Waals surface area contributed by atoms with Crippen LogP contribution in [0.1, 0.15) is 0 Å². The molecular formula is C6H9N5O4. The third-order valence-corrected chi connectivity index (χ3v) is 2.06. The van der Waals surface area contributed by atoms with Crippen LogP contribution in [0.25, 0.3) is 10.4 Å². The van der Waals surface area contributed by atoms with Crippen LogP contribution in [0.5, 0.6) is 0 Å². The molecule has 1 aliphatic heterocycles. The molecule has 2 N–H and O–H groups in total. The molecule has 9 nitrogen and oxygen atoms in total. The Hall–Kier alpha value is -2.15. The lowest BCUT2D eigenvalue weighted by atomic mass is 10.2. The van der Waals surface area contributed by atoms with Gasteiger partial charge in [-0.3, -0.25) is 4.90 Å². The molecule has 1 saturated heterocycles. The smallest absolute Gasteiger partial charge is 0.408 e. The summed E-state index contributed by atoms with van der Waals surface area (Å²) in [5.41, 5.74) is 8.16. The van der Waals surface area contributed by atoms with E-state index in [1.807, 2.05) is 0 Å². The first-order valence-electron chi connectivity index (χ1n) is 4.08. The summed E-state index contributed by atoms with van der Waals surface area (Å²) in [6.07, 6.45) is -1.29. The fourth-order valence-electron chi connectivity index (χ4n) is 1.35. The quantitative estimate of drug-likeness (QED) is 0.379. The highest BCUT2D eigenvalue weighted by Gasteiger charge is 2.37. The standard InChI is InChI=1S/C6H9N5O4/c7-8-9-10-1-2-11(6(14)15)4(3-10)5(12)13/h4H,1-3H2,(H,12,13)(H,14,15). The first-order chi connectivity index (χ1) is 7.06. The van der Waals surface area contributed by atoms with Gasteiger partial charge in [0.15, 0.2) is 6.04 Å². The number of carboxylic acid groups (broad SMARTS) is 2. The summed E-state index contributed by atoms with van der Waals surface area (Å²) in [5, 5.41) is 21.9. The average Bonchev–Trinajstić information content (AvgIpc) is 2.17. The van der Waals surface area contributed by atoms with Crippen molar-refractivity contribution in [3.8, 4) is 0 Å². The molecule has 82 valence electrons. The minimum Gasteiger partial charge on any atom is -0.480 e. The molecule has 1 rings (SSSR count). The lowest BCUT2D eigenvalue weighted by Gasteiger charge is -2.33. The highest BCUT2D eigenvalue weighted by atomic mass is 16.4. The monoisotopic (exact) mass is 215 g/mol. The van der Waals surface area contributed by atoms with Crippen molar-refractivity contribution in [2.24, 2.45) is 5.22 Å². The molecule has 0 saturated carbocycles. The Morgan fingerprint density at radius 3 is 2.53 bits per heavy atom. The Morgan fingerprint density at radius 1 is 1.40 bits per heavy atom. The minimum absolute atomic E-state index is 0.00528. The normalized spacial score (nSPS) is 20.7. The average molecular weight is 215 g/mol.